The summed E-state index contributed by atoms with van der Waals surface area (Å²) in [4.78, 5) is 23.8. The van der Waals surface area contributed by atoms with Gasteiger partial charge >= 0.3 is 6.09 Å². The highest BCUT2D eigenvalue weighted by atomic mass is 35.5. The predicted molar refractivity (Wildman–Crippen MR) is 93.6 cm³/mol. The molecule has 0 radical (unpaired) electrons. The maximum absolute atomic E-state index is 14.8. The maximum atomic E-state index is 14.8. The number of nitrogens with zero attached hydrogens (tertiary/aromatic N) is 1. The van der Waals surface area contributed by atoms with E-state index >= 15 is 0 Å². The summed E-state index contributed by atoms with van der Waals surface area (Å²) in [5.74, 6) is -5.14. The minimum atomic E-state index is -3.32. The lowest BCUT2D eigenvalue weighted by atomic mass is 10.0. The summed E-state index contributed by atoms with van der Waals surface area (Å²) in [6, 6.07) is 9.08. The summed E-state index contributed by atoms with van der Waals surface area (Å²) >= 11 is 6.07. The van der Waals surface area contributed by atoms with Crippen LogP contribution in [0.15, 0.2) is 42.5 Å². The molecular weight excluding hydrogens is 385 g/mol. The molecule has 5 nitrogen and oxygen atoms in total. The van der Waals surface area contributed by atoms with Crippen molar-refractivity contribution in [1.29, 1.82) is 0 Å². The standard InChI is InChI=1S/C18H14ClF3N2O3/c19-12-6-2-1-4-10(12)11-5-3-7-13(15(11)20)23-16(25)14-8-18(21,22)9-24(14)17(26)27/h1-7,14H,8-9H2,(H,23,25)(H,26,27). The number of carboxylic acid groups (broad SMARTS) is 1. The van der Waals surface area contributed by atoms with Crippen molar-refractivity contribution < 1.29 is 27.9 Å². The van der Waals surface area contributed by atoms with E-state index in [1.807, 2.05) is 0 Å². The zero-order valence-corrected chi connectivity index (χ0v) is 14.5. The van der Waals surface area contributed by atoms with Crippen molar-refractivity contribution >= 4 is 29.3 Å². The van der Waals surface area contributed by atoms with E-state index in [1.54, 1.807) is 24.3 Å². The molecule has 1 aliphatic rings. The van der Waals surface area contributed by atoms with Gasteiger partial charge in [-0.25, -0.2) is 18.0 Å². The Balaban J connectivity index is 1.88. The number of rotatable bonds is 3. The van der Waals surface area contributed by atoms with Crippen molar-refractivity contribution in [3.63, 3.8) is 0 Å². The van der Waals surface area contributed by atoms with Crippen LogP contribution in [0.1, 0.15) is 6.42 Å². The van der Waals surface area contributed by atoms with Crippen LogP contribution in [0, 0.1) is 5.82 Å². The number of benzene rings is 2. The number of amides is 2. The Morgan fingerprint density at radius 3 is 2.48 bits per heavy atom. The van der Waals surface area contributed by atoms with Gasteiger partial charge in [0.2, 0.25) is 5.91 Å². The average molecular weight is 399 g/mol. The van der Waals surface area contributed by atoms with Crippen molar-refractivity contribution in [1.82, 2.24) is 4.90 Å². The lowest BCUT2D eigenvalue weighted by Gasteiger charge is -2.20. The smallest absolute Gasteiger partial charge is 0.408 e. The summed E-state index contributed by atoms with van der Waals surface area (Å²) in [5.41, 5.74) is 0.260. The molecule has 1 saturated heterocycles. The van der Waals surface area contributed by atoms with E-state index in [1.165, 1.54) is 18.2 Å². The highest BCUT2D eigenvalue weighted by Crippen LogP contribution is 2.35. The molecule has 1 aliphatic heterocycles. The van der Waals surface area contributed by atoms with Crippen molar-refractivity contribution in [2.45, 2.75) is 18.4 Å². The number of hydrogen-bond donors (Lipinski definition) is 2. The highest BCUT2D eigenvalue weighted by Gasteiger charge is 2.50. The van der Waals surface area contributed by atoms with Gasteiger partial charge in [0.05, 0.1) is 12.2 Å². The number of halogens is 4. The van der Waals surface area contributed by atoms with E-state index in [4.69, 9.17) is 16.7 Å². The Labute approximate surface area is 157 Å². The molecule has 27 heavy (non-hydrogen) atoms. The molecule has 0 bridgehead atoms. The first-order valence-corrected chi connectivity index (χ1v) is 8.29. The first-order valence-electron chi connectivity index (χ1n) is 7.91. The number of alkyl halides is 2. The summed E-state index contributed by atoms with van der Waals surface area (Å²) in [7, 11) is 0. The molecule has 1 atom stereocenters. The molecule has 9 heteroatoms. The van der Waals surface area contributed by atoms with Gasteiger partial charge in [-0.3, -0.25) is 9.69 Å². The van der Waals surface area contributed by atoms with Crippen LogP contribution >= 0.6 is 11.6 Å². The second kappa shape index (κ2) is 7.11. The van der Waals surface area contributed by atoms with E-state index in [2.05, 4.69) is 5.32 Å². The van der Waals surface area contributed by atoms with Crippen molar-refractivity contribution in [2.75, 3.05) is 11.9 Å². The molecule has 0 aliphatic carbocycles. The van der Waals surface area contributed by atoms with E-state index in [0.717, 1.165) is 0 Å². The number of hydrogen-bond acceptors (Lipinski definition) is 2. The molecule has 2 amide bonds. The number of carbonyl (C=O) groups is 2. The SMILES string of the molecule is O=C(Nc1cccc(-c2ccccc2Cl)c1F)C1CC(F)(F)CN1C(=O)O. The van der Waals surface area contributed by atoms with Gasteiger partial charge in [0.25, 0.3) is 5.92 Å². The van der Waals surface area contributed by atoms with Gasteiger partial charge in [0, 0.05) is 22.6 Å². The van der Waals surface area contributed by atoms with Gasteiger partial charge < -0.3 is 10.4 Å². The van der Waals surface area contributed by atoms with Crippen molar-refractivity contribution in [3.05, 3.63) is 53.3 Å². The third-order valence-corrected chi connectivity index (χ3v) is 4.57. The number of nitrogens with one attached hydrogen (secondary N) is 1. The van der Waals surface area contributed by atoms with Gasteiger partial charge in [0.1, 0.15) is 6.04 Å². The second-order valence-electron chi connectivity index (χ2n) is 6.12. The molecule has 0 saturated carbocycles. The Bertz CT molecular complexity index is 907. The topological polar surface area (TPSA) is 69.6 Å². The van der Waals surface area contributed by atoms with Crippen LogP contribution in [0.4, 0.5) is 23.7 Å². The Morgan fingerprint density at radius 1 is 1.15 bits per heavy atom. The van der Waals surface area contributed by atoms with E-state index in [-0.39, 0.29) is 11.3 Å². The van der Waals surface area contributed by atoms with Crippen molar-refractivity contribution in [3.8, 4) is 11.1 Å². The zero-order valence-electron chi connectivity index (χ0n) is 13.8. The number of likely N-dealkylation sites (tertiary alicyclic amines) is 1. The fraction of sp³-hybridized carbons (Fsp3) is 0.222. The molecule has 142 valence electrons. The average Bonchev–Trinajstić information content (AvgIpc) is 2.94. The maximum Gasteiger partial charge on any atom is 0.408 e. The quantitative estimate of drug-likeness (QED) is 0.801. The molecule has 1 unspecified atom stereocenters. The van der Waals surface area contributed by atoms with E-state index in [0.29, 0.717) is 15.5 Å². The van der Waals surface area contributed by atoms with Crippen LogP contribution < -0.4 is 5.32 Å². The molecule has 2 N–H and O–H groups in total. The fourth-order valence-electron chi connectivity index (χ4n) is 2.98. The highest BCUT2D eigenvalue weighted by molar-refractivity contribution is 6.33. The lowest BCUT2D eigenvalue weighted by molar-refractivity contribution is -0.120. The fourth-order valence-corrected chi connectivity index (χ4v) is 3.22. The summed E-state index contributed by atoms with van der Waals surface area (Å²) < 4.78 is 41.9. The summed E-state index contributed by atoms with van der Waals surface area (Å²) in [6.07, 6.45) is -2.60. The third-order valence-electron chi connectivity index (χ3n) is 4.24. The van der Waals surface area contributed by atoms with Crippen LogP contribution in [0.25, 0.3) is 11.1 Å². The van der Waals surface area contributed by atoms with Crippen LogP contribution in [-0.4, -0.2) is 40.5 Å². The van der Waals surface area contributed by atoms with Crippen LogP contribution in [0.2, 0.25) is 5.02 Å². The monoisotopic (exact) mass is 398 g/mol. The molecule has 1 fully saturated rings. The molecule has 0 spiro atoms. The van der Waals surface area contributed by atoms with E-state index < -0.39 is 42.7 Å². The Morgan fingerprint density at radius 2 is 1.81 bits per heavy atom. The van der Waals surface area contributed by atoms with Crippen LogP contribution in [0.5, 0.6) is 0 Å². The first-order chi connectivity index (χ1) is 12.7. The summed E-state index contributed by atoms with van der Waals surface area (Å²) in [5, 5.41) is 11.5. The zero-order chi connectivity index (χ0) is 19.8. The van der Waals surface area contributed by atoms with Gasteiger partial charge in [-0.15, -0.1) is 0 Å². The minimum absolute atomic E-state index is 0.116. The molecular formula is C18H14ClF3N2O3. The van der Waals surface area contributed by atoms with Gasteiger partial charge in [-0.05, 0) is 12.1 Å². The Kier molecular flexibility index (Phi) is 5.01. The van der Waals surface area contributed by atoms with Crippen LogP contribution in [-0.2, 0) is 4.79 Å². The Hall–Kier alpha value is -2.74. The molecule has 0 aromatic heterocycles. The van der Waals surface area contributed by atoms with E-state index in [9.17, 15) is 22.8 Å². The van der Waals surface area contributed by atoms with Gasteiger partial charge in [-0.2, -0.15) is 0 Å². The van der Waals surface area contributed by atoms with Crippen LogP contribution in [0.3, 0.4) is 0 Å². The first kappa shape index (κ1) is 19.0. The number of anilines is 1. The number of carbonyl (C=O) groups excluding carboxylic acids is 1. The molecule has 3 rings (SSSR count). The van der Waals surface area contributed by atoms with Gasteiger partial charge in [-0.1, -0.05) is 41.9 Å². The van der Waals surface area contributed by atoms with Crippen molar-refractivity contribution in [2.24, 2.45) is 0 Å². The molecule has 2 aromatic carbocycles. The largest absolute Gasteiger partial charge is 0.465 e. The predicted octanol–water partition coefficient (Wildman–Crippen LogP) is 4.47. The van der Waals surface area contributed by atoms with Gasteiger partial charge in [0.15, 0.2) is 5.82 Å². The normalized spacial score (nSPS) is 18.4. The summed E-state index contributed by atoms with van der Waals surface area (Å²) in [6.45, 7) is -1.08. The third kappa shape index (κ3) is 3.85. The minimum Gasteiger partial charge on any atom is -0.465 e. The second-order valence-corrected chi connectivity index (χ2v) is 6.53. The lowest BCUT2D eigenvalue weighted by Crippen LogP contribution is -2.42. The molecule has 1 heterocycles. The molecule has 2 aromatic rings.